The standard InChI is InChI=1S/C23H48O6S2/c24-30(25,26)22-20-18-16-14-12-10-8-6-4-2-1-3-5-7-9-11-13-15-17-19-21-23-31(27,28)29/h1-23H2,(H,24,25,26)(H,27,28,29). The van der Waals surface area contributed by atoms with Gasteiger partial charge in [0.1, 0.15) is 0 Å². The molecule has 0 aromatic carbocycles. The molecule has 0 bridgehead atoms. The Morgan fingerprint density at radius 3 is 0.548 bits per heavy atom. The van der Waals surface area contributed by atoms with Gasteiger partial charge in [0.2, 0.25) is 0 Å². The molecule has 0 aromatic rings. The van der Waals surface area contributed by atoms with Crippen molar-refractivity contribution in [2.24, 2.45) is 0 Å². The van der Waals surface area contributed by atoms with Gasteiger partial charge in [0.15, 0.2) is 0 Å². The van der Waals surface area contributed by atoms with Crippen LogP contribution in [0.2, 0.25) is 0 Å². The summed E-state index contributed by atoms with van der Waals surface area (Å²) in [5.41, 5.74) is 0. The van der Waals surface area contributed by atoms with Crippen LogP contribution in [-0.2, 0) is 20.2 Å². The third-order valence-corrected chi connectivity index (χ3v) is 7.41. The predicted octanol–water partition coefficient (Wildman–Crippen LogP) is 6.95. The summed E-state index contributed by atoms with van der Waals surface area (Å²) in [4.78, 5) is 0. The molecule has 0 aliphatic rings. The minimum absolute atomic E-state index is 0.100. The lowest BCUT2D eigenvalue weighted by molar-refractivity contribution is 0.476. The van der Waals surface area contributed by atoms with Crippen LogP contribution in [0.4, 0.5) is 0 Å². The number of rotatable bonds is 24. The highest BCUT2D eigenvalue weighted by Crippen LogP contribution is 2.15. The van der Waals surface area contributed by atoms with Crippen LogP contribution < -0.4 is 0 Å². The molecule has 0 unspecified atom stereocenters. The Kier molecular flexibility index (Phi) is 20.3. The van der Waals surface area contributed by atoms with E-state index < -0.39 is 20.2 Å². The fourth-order valence-electron chi connectivity index (χ4n) is 3.93. The summed E-state index contributed by atoms with van der Waals surface area (Å²) in [6.07, 6.45) is 24.4. The Labute approximate surface area is 192 Å². The van der Waals surface area contributed by atoms with Crippen LogP contribution in [0, 0.1) is 0 Å². The van der Waals surface area contributed by atoms with E-state index in [9.17, 15) is 16.8 Å². The zero-order chi connectivity index (χ0) is 23.3. The van der Waals surface area contributed by atoms with E-state index in [1.165, 1.54) is 96.3 Å². The minimum atomic E-state index is -3.77. The van der Waals surface area contributed by atoms with E-state index in [0.717, 1.165) is 25.7 Å². The molecule has 0 radical (unpaired) electrons. The molecular weight excluding hydrogens is 436 g/mol. The van der Waals surface area contributed by atoms with Gasteiger partial charge in [0.25, 0.3) is 20.2 Å². The molecule has 0 heterocycles. The third-order valence-electron chi connectivity index (χ3n) is 5.80. The van der Waals surface area contributed by atoms with E-state index >= 15 is 0 Å². The van der Waals surface area contributed by atoms with Gasteiger partial charge in [-0.2, -0.15) is 16.8 Å². The molecule has 0 atom stereocenters. The maximum Gasteiger partial charge on any atom is 0.264 e. The van der Waals surface area contributed by atoms with Crippen molar-refractivity contribution in [2.45, 2.75) is 135 Å². The molecule has 0 aliphatic carbocycles. The van der Waals surface area contributed by atoms with Gasteiger partial charge >= 0.3 is 0 Å². The number of unbranched alkanes of at least 4 members (excludes halogenated alkanes) is 20. The Morgan fingerprint density at radius 1 is 0.290 bits per heavy atom. The third kappa shape index (κ3) is 29.8. The predicted molar refractivity (Wildman–Crippen MR) is 130 cm³/mol. The van der Waals surface area contributed by atoms with Crippen LogP contribution in [0.15, 0.2) is 0 Å². The fourth-order valence-corrected chi connectivity index (χ4v) is 5.07. The summed E-state index contributed by atoms with van der Waals surface area (Å²) in [5, 5.41) is 0. The van der Waals surface area contributed by atoms with Crippen molar-refractivity contribution in [2.75, 3.05) is 11.5 Å². The Bertz CT molecular complexity index is 535. The van der Waals surface area contributed by atoms with Crippen LogP contribution >= 0.6 is 0 Å². The van der Waals surface area contributed by atoms with E-state index in [1.807, 2.05) is 0 Å². The summed E-state index contributed by atoms with van der Waals surface area (Å²) >= 11 is 0. The van der Waals surface area contributed by atoms with Crippen molar-refractivity contribution < 1.29 is 25.9 Å². The van der Waals surface area contributed by atoms with Crippen molar-refractivity contribution in [1.82, 2.24) is 0 Å². The molecule has 0 amide bonds. The molecule has 0 rings (SSSR count). The van der Waals surface area contributed by atoms with Crippen molar-refractivity contribution in [3.8, 4) is 0 Å². The zero-order valence-electron chi connectivity index (χ0n) is 19.6. The van der Waals surface area contributed by atoms with Crippen LogP contribution in [0.25, 0.3) is 0 Å². The van der Waals surface area contributed by atoms with Gasteiger partial charge in [0, 0.05) is 0 Å². The number of hydrogen-bond acceptors (Lipinski definition) is 4. The maximum absolute atomic E-state index is 10.6. The minimum Gasteiger partial charge on any atom is -0.286 e. The van der Waals surface area contributed by atoms with Crippen LogP contribution in [0.1, 0.15) is 135 Å². The average molecular weight is 485 g/mol. The molecule has 0 fully saturated rings. The van der Waals surface area contributed by atoms with Gasteiger partial charge in [-0.25, -0.2) is 0 Å². The molecule has 6 nitrogen and oxygen atoms in total. The van der Waals surface area contributed by atoms with E-state index in [2.05, 4.69) is 0 Å². The first-order chi connectivity index (χ1) is 14.7. The van der Waals surface area contributed by atoms with Gasteiger partial charge < -0.3 is 0 Å². The summed E-state index contributed by atoms with van der Waals surface area (Å²) < 4.78 is 59.7. The Balaban J connectivity index is 3.09. The highest BCUT2D eigenvalue weighted by Gasteiger charge is 2.03. The first kappa shape index (κ1) is 30.8. The van der Waals surface area contributed by atoms with Crippen LogP contribution in [0.3, 0.4) is 0 Å². The molecular formula is C23H48O6S2. The summed E-state index contributed by atoms with van der Waals surface area (Å²) in [6, 6.07) is 0. The monoisotopic (exact) mass is 484 g/mol. The van der Waals surface area contributed by atoms with E-state index in [0.29, 0.717) is 12.8 Å². The van der Waals surface area contributed by atoms with E-state index in [4.69, 9.17) is 9.11 Å². The molecule has 0 spiro atoms. The average Bonchev–Trinajstić information content (AvgIpc) is 2.67. The second kappa shape index (κ2) is 20.4. The summed E-state index contributed by atoms with van der Waals surface area (Å²) in [5.74, 6) is -0.200. The lowest BCUT2D eigenvalue weighted by Crippen LogP contribution is -2.03. The fraction of sp³-hybridized carbons (Fsp3) is 1.00. The molecule has 31 heavy (non-hydrogen) atoms. The van der Waals surface area contributed by atoms with Gasteiger partial charge in [-0.15, -0.1) is 0 Å². The largest absolute Gasteiger partial charge is 0.286 e. The quantitative estimate of drug-likeness (QED) is 0.113. The second-order valence-corrected chi connectivity index (χ2v) is 12.1. The lowest BCUT2D eigenvalue weighted by Gasteiger charge is -2.04. The Hall–Kier alpha value is -0.180. The van der Waals surface area contributed by atoms with Crippen molar-refractivity contribution in [3.05, 3.63) is 0 Å². The highest BCUT2D eigenvalue weighted by molar-refractivity contribution is 7.86. The van der Waals surface area contributed by atoms with Crippen LogP contribution in [0.5, 0.6) is 0 Å². The molecule has 0 aromatic heterocycles. The smallest absolute Gasteiger partial charge is 0.264 e. The summed E-state index contributed by atoms with van der Waals surface area (Å²) in [7, 11) is -7.55. The molecule has 0 saturated carbocycles. The van der Waals surface area contributed by atoms with E-state index in [-0.39, 0.29) is 11.5 Å². The maximum atomic E-state index is 10.6. The molecule has 8 heteroatoms. The SMILES string of the molecule is O=S(=O)(O)CCCCCCCCCCCCCCCCCCCCCCCS(=O)(=O)O. The van der Waals surface area contributed by atoms with Gasteiger partial charge in [-0.05, 0) is 12.8 Å². The summed E-state index contributed by atoms with van der Waals surface area (Å²) in [6.45, 7) is 0. The second-order valence-electron chi connectivity index (χ2n) is 9.00. The highest BCUT2D eigenvalue weighted by atomic mass is 32.2. The molecule has 188 valence electrons. The molecule has 0 aliphatic heterocycles. The van der Waals surface area contributed by atoms with E-state index in [1.54, 1.807) is 0 Å². The molecule has 2 N–H and O–H groups in total. The topological polar surface area (TPSA) is 109 Å². The van der Waals surface area contributed by atoms with Gasteiger partial charge in [0.05, 0.1) is 11.5 Å². The first-order valence-electron chi connectivity index (χ1n) is 12.6. The van der Waals surface area contributed by atoms with Gasteiger partial charge in [-0.1, -0.05) is 122 Å². The van der Waals surface area contributed by atoms with Gasteiger partial charge in [-0.3, -0.25) is 9.11 Å². The van der Waals surface area contributed by atoms with Crippen LogP contribution in [-0.4, -0.2) is 37.4 Å². The number of hydrogen-bond donors (Lipinski definition) is 2. The first-order valence-corrected chi connectivity index (χ1v) is 15.8. The molecule has 0 saturated heterocycles. The Morgan fingerprint density at radius 2 is 0.419 bits per heavy atom. The van der Waals surface area contributed by atoms with Crippen molar-refractivity contribution in [3.63, 3.8) is 0 Å². The lowest BCUT2D eigenvalue weighted by atomic mass is 10.0. The zero-order valence-corrected chi connectivity index (χ0v) is 21.2. The van der Waals surface area contributed by atoms with Crippen molar-refractivity contribution >= 4 is 20.2 Å². The normalized spacial score (nSPS) is 12.5. The van der Waals surface area contributed by atoms with Crippen molar-refractivity contribution in [1.29, 1.82) is 0 Å².